The van der Waals surface area contributed by atoms with E-state index in [1.165, 1.54) is 16.9 Å². The van der Waals surface area contributed by atoms with Gasteiger partial charge in [-0.1, -0.05) is 5.21 Å². The Balaban J connectivity index is 2.46. The van der Waals surface area contributed by atoms with Gasteiger partial charge in [0, 0.05) is 18.2 Å². The van der Waals surface area contributed by atoms with Crippen LogP contribution in [0.4, 0.5) is 10.1 Å². The largest absolute Gasteiger partial charge is 0.323 e. The number of nitrogens with two attached hydrogens (primary N) is 1. The number of rotatable bonds is 3. The van der Waals surface area contributed by atoms with E-state index in [0.717, 1.165) is 12.1 Å². The van der Waals surface area contributed by atoms with Crippen LogP contribution in [-0.4, -0.2) is 19.9 Å². The first kappa shape index (κ1) is 12.1. The first-order valence-electron chi connectivity index (χ1n) is 5.10. The normalized spacial score (nSPS) is 12.4. The quantitative estimate of drug-likeness (QED) is 0.655. The van der Waals surface area contributed by atoms with Gasteiger partial charge >= 0.3 is 0 Å². The van der Waals surface area contributed by atoms with Crippen LogP contribution in [0.1, 0.15) is 18.7 Å². The van der Waals surface area contributed by atoms with E-state index in [2.05, 4.69) is 10.3 Å². The molecule has 0 saturated heterocycles. The minimum atomic E-state index is -0.711. The van der Waals surface area contributed by atoms with Crippen molar-refractivity contribution >= 4 is 5.69 Å². The molecule has 0 fully saturated rings. The summed E-state index contributed by atoms with van der Waals surface area (Å²) < 4.78 is 14.5. The number of nitro groups is 1. The highest BCUT2D eigenvalue weighted by molar-refractivity contribution is 5.43. The maximum atomic E-state index is 13.2. The SMILES string of the molecule is CC(N)c1cn(-c2cc(F)cc([N+](=O)[O-])c2)nn1. The van der Waals surface area contributed by atoms with E-state index in [-0.39, 0.29) is 17.4 Å². The standard InChI is InChI=1S/C10H10FN5O2/c1-6(12)10-5-15(14-13-10)8-2-7(11)3-9(4-8)16(17)18/h2-6H,12H2,1H3. The Bertz CT molecular complexity index is 596. The van der Waals surface area contributed by atoms with Crippen LogP contribution in [-0.2, 0) is 0 Å². The van der Waals surface area contributed by atoms with Crippen LogP contribution >= 0.6 is 0 Å². The Labute approximate surface area is 101 Å². The molecule has 7 nitrogen and oxygen atoms in total. The van der Waals surface area contributed by atoms with Crippen LogP contribution in [0.25, 0.3) is 5.69 Å². The number of nitrogens with zero attached hydrogens (tertiary/aromatic N) is 4. The second-order valence-corrected chi connectivity index (χ2v) is 3.80. The third-order valence-electron chi connectivity index (χ3n) is 2.32. The molecule has 18 heavy (non-hydrogen) atoms. The number of hydrogen-bond donors (Lipinski definition) is 1. The van der Waals surface area contributed by atoms with Crippen molar-refractivity contribution in [3.63, 3.8) is 0 Å². The van der Waals surface area contributed by atoms with Crippen LogP contribution in [0.2, 0.25) is 0 Å². The molecule has 0 aliphatic rings. The number of aromatic nitrogens is 3. The molecular formula is C10H10FN5O2. The van der Waals surface area contributed by atoms with Crippen molar-refractivity contribution in [1.82, 2.24) is 15.0 Å². The van der Waals surface area contributed by atoms with E-state index in [1.807, 2.05) is 0 Å². The molecule has 2 N–H and O–H groups in total. The molecule has 0 radical (unpaired) electrons. The molecule has 1 aromatic carbocycles. The van der Waals surface area contributed by atoms with Gasteiger partial charge in [-0.05, 0) is 6.92 Å². The summed E-state index contributed by atoms with van der Waals surface area (Å²) in [5, 5.41) is 18.2. The Hall–Kier alpha value is -2.35. The van der Waals surface area contributed by atoms with Gasteiger partial charge in [-0.25, -0.2) is 9.07 Å². The fourth-order valence-electron chi connectivity index (χ4n) is 1.41. The van der Waals surface area contributed by atoms with E-state index in [1.54, 1.807) is 6.92 Å². The summed E-state index contributed by atoms with van der Waals surface area (Å²) in [6.07, 6.45) is 1.50. The zero-order chi connectivity index (χ0) is 13.3. The molecule has 2 rings (SSSR count). The lowest BCUT2D eigenvalue weighted by Crippen LogP contribution is -2.04. The van der Waals surface area contributed by atoms with Gasteiger partial charge in [0.05, 0.1) is 28.6 Å². The molecular weight excluding hydrogens is 241 g/mol. The van der Waals surface area contributed by atoms with Gasteiger partial charge < -0.3 is 5.73 Å². The molecule has 8 heteroatoms. The molecule has 0 saturated carbocycles. The van der Waals surface area contributed by atoms with Gasteiger partial charge in [0.15, 0.2) is 0 Å². The lowest BCUT2D eigenvalue weighted by molar-refractivity contribution is -0.385. The summed E-state index contributed by atoms with van der Waals surface area (Å²) in [7, 11) is 0. The Morgan fingerprint density at radius 1 is 1.50 bits per heavy atom. The monoisotopic (exact) mass is 251 g/mol. The molecule has 0 amide bonds. The molecule has 1 atom stereocenters. The van der Waals surface area contributed by atoms with Crippen molar-refractivity contribution < 1.29 is 9.31 Å². The molecule has 1 aromatic heterocycles. The molecule has 94 valence electrons. The molecule has 1 unspecified atom stereocenters. The fourth-order valence-corrected chi connectivity index (χ4v) is 1.41. The third kappa shape index (κ3) is 2.33. The van der Waals surface area contributed by atoms with Crippen LogP contribution in [0.5, 0.6) is 0 Å². The van der Waals surface area contributed by atoms with Gasteiger partial charge in [-0.3, -0.25) is 10.1 Å². The molecule has 0 spiro atoms. The Morgan fingerprint density at radius 2 is 2.22 bits per heavy atom. The van der Waals surface area contributed by atoms with Gasteiger partial charge in [0.2, 0.25) is 0 Å². The summed E-state index contributed by atoms with van der Waals surface area (Å²) in [5.41, 5.74) is 6.01. The number of non-ortho nitro benzene ring substituents is 1. The van der Waals surface area contributed by atoms with Crippen molar-refractivity contribution in [2.24, 2.45) is 5.73 Å². The van der Waals surface area contributed by atoms with Crippen molar-refractivity contribution in [3.8, 4) is 5.69 Å². The van der Waals surface area contributed by atoms with Gasteiger partial charge in [0.1, 0.15) is 5.82 Å². The first-order chi connectivity index (χ1) is 8.47. The average molecular weight is 251 g/mol. The van der Waals surface area contributed by atoms with Gasteiger partial charge in [-0.15, -0.1) is 5.10 Å². The molecule has 0 bridgehead atoms. The van der Waals surface area contributed by atoms with E-state index in [0.29, 0.717) is 5.69 Å². The topological polar surface area (TPSA) is 99.9 Å². The van der Waals surface area contributed by atoms with Gasteiger partial charge in [-0.2, -0.15) is 0 Å². The smallest absolute Gasteiger partial charge is 0.274 e. The lowest BCUT2D eigenvalue weighted by atomic mass is 10.2. The number of halogens is 1. The van der Waals surface area contributed by atoms with Crippen LogP contribution in [0.3, 0.4) is 0 Å². The zero-order valence-electron chi connectivity index (χ0n) is 9.45. The van der Waals surface area contributed by atoms with E-state index >= 15 is 0 Å². The fraction of sp³-hybridized carbons (Fsp3) is 0.200. The van der Waals surface area contributed by atoms with Crippen molar-refractivity contribution in [3.05, 3.63) is 46.0 Å². The van der Waals surface area contributed by atoms with Gasteiger partial charge in [0.25, 0.3) is 5.69 Å². The highest BCUT2D eigenvalue weighted by Gasteiger charge is 2.13. The van der Waals surface area contributed by atoms with Crippen molar-refractivity contribution in [2.75, 3.05) is 0 Å². The molecule has 0 aliphatic carbocycles. The zero-order valence-corrected chi connectivity index (χ0v) is 9.45. The Kier molecular flexibility index (Phi) is 3.02. The van der Waals surface area contributed by atoms with Crippen LogP contribution in [0, 0.1) is 15.9 Å². The van der Waals surface area contributed by atoms with Crippen molar-refractivity contribution in [2.45, 2.75) is 13.0 Å². The predicted molar refractivity (Wildman–Crippen MR) is 60.6 cm³/mol. The maximum absolute atomic E-state index is 13.2. The third-order valence-corrected chi connectivity index (χ3v) is 2.32. The van der Waals surface area contributed by atoms with E-state index in [4.69, 9.17) is 5.73 Å². The number of hydrogen-bond acceptors (Lipinski definition) is 5. The number of benzene rings is 1. The minimum Gasteiger partial charge on any atom is -0.323 e. The predicted octanol–water partition coefficient (Wildman–Crippen LogP) is 1.33. The molecule has 2 aromatic rings. The maximum Gasteiger partial charge on any atom is 0.274 e. The summed E-state index contributed by atoms with van der Waals surface area (Å²) >= 11 is 0. The highest BCUT2D eigenvalue weighted by atomic mass is 19.1. The number of nitro benzene ring substituents is 1. The highest BCUT2D eigenvalue weighted by Crippen LogP contribution is 2.19. The van der Waals surface area contributed by atoms with Crippen LogP contribution in [0.15, 0.2) is 24.4 Å². The Morgan fingerprint density at radius 3 is 2.78 bits per heavy atom. The van der Waals surface area contributed by atoms with E-state index in [9.17, 15) is 14.5 Å². The minimum absolute atomic E-state index is 0.223. The second-order valence-electron chi connectivity index (χ2n) is 3.80. The summed E-state index contributed by atoms with van der Waals surface area (Å²) in [6.45, 7) is 1.72. The molecule has 0 aliphatic heterocycles. The molecule has 1 heterocycles. The lowest BCUT2D eigenvalue weighted by Gasteiger charge is -2.01. The van der Waals surface area contributed by atoms with Crippen LogP contribution < -0.4 is 5.73 Å². The first-order valence-corrected chi connectivity index (χ1v) is 5.10. The summed E-state index contributed by atoms with van der Waals surface area (Å²) in [6, 6.07) is 2.87. The average Bonchev–Trinajstić information content (AvgIpc) is 2.77. The summed E-state index contributed by atoms with van der Waals surface area (Å²) in [5.74, 6) is -0.711. The summed E-state index contributed by atoms with van der Waals surface area (Å²) in [4.78, 5) is 9.95. The second kappa shape index (κ2) is 4.49. The van der Waals surface area contributed by atoms with Crippen molar-refractivity contribution in [1.29, 1.82) is 0 Å². The van der Waals surface area contributed by atoms with E-state index < -0.39 is 10.7 Å².